The Kier molecular flexibility index (Phi) is 6.69. The molecule has 2 amide bonds. The van der Waals surface area contributed by atoms with Crippen molar-refractivity contribution in [2.45, 2.75) is 26.7 Å². The summed E-state index contributed by atoms with van der Waals surface area (Å²) in [6, 6.07) is 16.5. The summed E-state index contributed by atoms with van der Waals surface area (Å²) in [5, 5.41) is 2.77. The van der Waals surface area contributed by atoms with E-state index in [0.717, 1.165) is 25.9 Å². The number of nitrogens with zero attached hydrogens (tertiary/aromatic N) is 2. The molecular formula is C23H29N3O2. The molecule has 0 atom stereocenters. The summed E-state index contributed by atoms with van der Waals surface area (Å²) < 4.78 is 0. The molecule has 1 aliphatic rings. The van der Waals surface area contributed by atoms with Gasteiger partial charge in [-0.25, -0.2) is 0 Å². The van der Waals surface area contributed by atoms with E-state index in [4.69, 9.17) is 0 Å². The first-order valence-corrected chi connectivity index (χ1v) is 9.98. The predicted octanol–water partition coefficient (Wildman–Crippen LogP) is 2.70. The zero-order valence-electron chi connectivity index (χ0n) is 16.8. The Hall–Kier alpha value is -2.82. The zero-order valence-corrected chi connectivity index (χ0v) is 16.8. The van der Waals surface area contributed by atoms with E-state index in [-0.39, 0.29) is 0 Å². The minimum Gasteiger partial charge on any atom is -0.368 e. The van der Waals surface area contributed by atoms with E-state index < -0.39 is 11.8 Å². The Morgan fingerprint density at radius 3 is 2.36 bits per heavy atom. The summed E-state index contributed by atoms with van der Waals surface area (Å²) >= 11 is 0. The number of amides is 2. The second kappa shape index (κ2) is 9.40. The number of nitrogens with one attached hydrogen (secondary N) is 1. The van der Waals surface area contributed by atoms with Gasteiger partial charge in [0.2, 0.25) is 0 Å². The van der Waals surface area contributed by atoms with E-state index in [0.29, 0.717) is 19.6 Å². The van der Waals surface area contributed by atoms with Crippen molar-refractivity contribution in [3.63, 3.8) is 0 Å². The van der Waals surface area contributed by atoms with Gasteiger partial charge in [0.1, 0.15) is 0 Å². The molecule has 5 heteroatoms. The molecule has 1 heterocycles. The van der Waals surface area contributed by atoms with Crippen LogP contribution < -0.4 is 10.2 Å². The standard InChI is InChI=1S/C23H29N3O2/c1-18-8-6-12-21(19(18)2)25-14-16-26(17-15-25)23(28)22(27)24-13-7-11-20-9-4-3-5-10-20/h3-6,8-10,12H,7,11,13-17H2,1-2H3,(H,24,27). The molecule has 1 N–H and O–H groups in total. The van der Waals surface area contributed by atoms with Crippen molar-refractivity contribution in [2.75, 3.05) is 37.6 Å². The lowest BCUT2D eigenvalue weighted by molar-refractivity contribution is -0.146. The monoisotopic (exact) mass is 379 g/mol. The number of aryl methyl sites for hydroxylation is 2. The van der Waals surface area contributed by atoms with Crippen molar-refractivity contribution >= 4 is 17.5 Å². The summed E-state index contributed by atoms with van der Waals surface area (Å²) in [5.74, 6) is -0.909. The van der Waals surface area contributed by atoms with Crippen LogP contribution in [0.25, 0.3) is 0 Å². The van der Waals surface area contributed by atoms with Crippen LogP contribution >= 0.6 is 0 Å². The molecule has 2 aromatic rings. The minimum atomic E-state index is -0.492. The molecule has 1 aliphatic heterocycles. The lowest BCUT2D eigenvalue weighted by Gasteiger charge is -2.36. The van der Waals surface area contributed by atoms with Gasteiger partial charge in [0.25, 0.3) is 0 Å². The summed E-state index contributed by atoms with van der Waals surface area (Å²) in [7, 11) is 0. The van der Waals surface area contributed by atoms with Gasteiger partial charge < -0.3 is 15.1 Å². The number of hydrogen-bond donors (Lipinski definition) is 1. The maximum Gasteiger partial charge on any atom is 0.312 e. The van der Waals surface area contributed by atoms with Crippen molar-refractivity contribution in [3.05, 3.63) is 65.2 Å². The van der Waals surface area contributed by atoms with E-state index in [2.05, 4.69) is 54.4 Å². The van der Waals surface area contributed by atoms with Gasteiger partial charge >= 0.3 is 11.8 Å². The molecule has 2 aromatic carbocycles. The van der Waals surface area contributed by atoms with Gasteiger partial charge in [-0.1, -0.05) is 42.5 Å². The molecule has 0 radical (unpaired) electrons. The SMILES string of the molecule is Cc1cccc(N2CCN(C(=O)C(=O)NCCCc3ccccc3)CC2)c1C. The lowest BCUT2D eigenvalue weighted by Crippen LogP contribution is -2.53. The normalized spacial score (nSPS) is 14.1. The largest absolute Gasteiger partial charge is 0.368 e. The number of anilines is 1. The van der Waals surface area contributed by atoms with E-state index >= 15 is 0 Å². The molecule has 1 saturated heterocycles. The van der Waals surface area contributed by atoms with Crippen LogP contribution in [-0.2, 0) is 16.0 Å². The maximum atomic E-state index is 12.4. The molecule has 5 nitrogen and oxygen atoms in total. The zero-order chi connectivity index (χ0) is 19.9. The Morgan fingerprint density at radius 2 is 1.64 bits per heavy atom. The molecule has 0 bridgehead atoms. The van der Waals surface area contributed by atoms with Crippen LogP contribution in [0.5, 0.6) is 0 Å². The quantitative estimate of drug-likeness (QED) is 0.642. The number of rotatable bonds is 5. The van der Waals surface area contributed by atoms with Gasteiger partial charge in [-0.15, -0.1) is 0 Å². The van der Waals surface area contributed by atoms with Crippen LogP contribution in [0.4, 0.5) is 5.69 Å². The highest BCUT2D eigenvalue weighted by Gasteiger charge is 2.26. The van der Waals surface area contributed by atoms with Crippen LogP contribution in [0.15, 0.2) is 48.5 Å². The highest BCUT2D eigenvalue weighted by atomic mass is 16.2. The second-order valence-electron chi connectivity index (χ2n) is 7.34. The molecule has 148 valence electrons. The first-order valence-electron chi connectivity index (χ1n) is 9.98. The summed E-state index contributed by atoms with van der Waals surface area (Å²) in [6.45, 7) is 7.40. The first-order chi connectivity index (χ1) is 13.6. The van der Waals surface area contributed by atoms with Gasteiger partial charge in [0, 0.05) is 38.4 Å². The predicted molar refractivity (Wildman–Crippen MR) is 112 cm³/mol. The molecule has 0 spiro atoms. The molecule has 1 fully saturated rings. The molecule has 0 aromatic heterocycles. The van der Waals surface area contributed by atoms with Crippen LogP contribution in [0.2, 0.25) is 0 Å². The Morgan fingerprint density at radius 1 is 0.929 bits per heavy atom. The van der Waals surface area contributed by atoms with Crippen molar-refractivity contribution in [1.29, 1.82) is 0 Å². The van der Waals surface area contributed by atoms with Gasteiger partial charge in [0.05, 0.1) is 0 Å². The number of carbonyl (C=O) groups excluding carboxylic acids is 2. The number of benzene rings is 2. The van der Waals surface area contributed by atoms with Crippen LogP contribution in [0.1, 0.15) is 23.1 Å². The molecular weight excluding hydrogens is 350 g/mol. The topological polar surface area (TPSA) is 52.7 Å². The molecule has 0 unspecified atom stereocenters. The third-order valence-electron chi connectivity index (χ3n) is 5.45. The van der Waals surface area contributed by atoms with E-state index in [9.17, 15) is 9.59 Å². The Bertz CT molecular complexity index is 812. The third-order valence-corrected chi connectivity index (χ3v) is 5.45. The van der Waals surface area contributed by atoms with E-state index in [1.165, 1.54) is 22.4 Å². The van der Waals surface area contributed by atoms with Crippen LogP contribution in [0, 0.1) is 13.8 Å². The average Bonchev–Trinajstić information content (AvgIpc) is 2.73. The van der Waals surface area contributed by atoms with Gasteiger partial charge in [-0.05, 0) is 49.4 Å². The fraction of sp³-hybridized carbons (Fsp3) is 0.391. The van der Waals surface area contributed by atoms with E-state index in [1.807, 2.05) is 18.2 Å². The van der Waals surface area contributed by atoms with Gasteiger partial charge in [0.15, 0.2) is 0 Å². The molecule has 0 saturated carbocycles. The molecule has 3 rings (SSSR count). The number of piperazine rings is 1. The van der Waals surface area contributed by atoms with Crippen LogP contribution in [-0.4, -0.2) is 49.4 Å². The minimum absolute atomic E-state index is 0.416. The molecule has 28 heavy (non-hydrogen) atoms. The summed E-state index contributed by atoms with van der Waals surface area (Å²) in [5.41, 5.74) is 5.01. The van der Waals surface area contributed by atoms with Crippen molar-refractivity contribution in [2.24, 2.45) is 0 Å². The summed E-state index contributed by atoms with van der Waals surface area (Å²) in [4.78, 5) is 28.6. The van der Waals surface area contributed by atoms with Gasteiger partial charge in [-0.2, -0.15) is 0 Å². The first kappa shape index (κ1) is 19.9. The van der Waals surface area contributed by atoms with E-state index in [1.54, 1.807) is 4.90 Å². The Balaban J connectivity index is 1.43. The molecule has 0 aliphatic carbocycles. The smallest absolute Gasteiger partial charge is 0.312 e. The lowest BCUT2D eigenvalue weighted by atomic mass is 10.1. The third kappa shape index (κ3) is 4.91. The average molecular weight is 380 g/mol. The highest BCUT2D eigenvalue weighted by molar-refractivity contribution is 6.35. The van der Waals surface area contributed by atoms with Crippen molar-refractivity contribution in [3.8, 4) is 0 Å². The fourth-order valence-electron chi connectivity index (χ4n) is 3.59. The van der Waals surface area contributed by atoms with Gasteiger partial charge in [-0.3, -0.25) is 9.59 Å². The fourth-order valence-corrected chi connectivity index (χ4v) is 3.59. The van der Waals surface area contributed by atoms with Crippen LogP contribution in [0.3, 0.4) is 0 Å². The second-order valence-corrected chi connectivity index (χ2v) is 7.34. The maximum absolute atomic E-state index is 12.4. The van der Waals surface area contributed by atoms with Crippen molar-refractivity contribution < 1.29 is 9.59 Å². The summed E-state index contributed by atoms with van der Waals surface area (Å²) in [6.07, 6.45) is 1.72. The Labute approximate surface area is 167 Å². The number of hydrogen-bond acceptors (Lipinski definition) is 3. The van der Waals surface area contributed by atoms with Crippen molar-refractivity contribution in [1.82, 2.24) is 10.2 Å². The highest BCUT2D eigenvalue weighted by Crippen LogP contribution is 2.23. The number of carbonyl (C=O) groups is 2.